The summed E-state index contributed by atoms with van der Waals surface area (Å²) in [6.07, 6.45) is 0.505. The molecule has 2 aromatic carbocycles. The second-order valence-electron chi connectivity index (χ2n) is 4.71. The third kappa shape index (κ3) is 2.51. The van der Waals surface area contributed by atoms with Gasteiger partial charge in [0.2, 0.25) is 0 Å². The molecule has 0 radical (unpaired) electrons. The number of hydrogen-bond donors (Lipinski definition) is 1. The van der Waals surface area contributed by atoms with Crippen LogP contribution in [0.1, 0.15) is 17.2 Å². The van der Waals surface area contributed by atoms with E-state index in [1.165, 1.54) is 10.8 Å². The van der Waals surface area contributed by atoms with E-state index >= 15 is 0 Å². The first-order valence-electron chi connectivity index (χ1n) is 6.31. The summed E-state index contributed by atoms with van der Waals surface area (Å²) < 4.78 is 16.0. The van der Waals surface area contributed by atoms with Gasteiger partial charge in [0.1, 0.15) is 5.82 Å². The Kier molecular flexibility index (Phi) is 3.87. The molecule has 1 nitrogen and oxygen atoms in total. The molecule has 0 fully saturated rings. The summed E-state index contributed by atoms with van der Waals surface area (Å²) in [5.74, 6) is -0.191. The highest BCUT2D eigenvalue weighted by atomic mass is 79.9. The molecule has 4 heteroatoms. The zero-order valence-electron chi connectivity index (χ0n) is 10.6. The molecule has 0 amide bonds. The molecule has 1 aromatic heterocycles. The first kappa shape index (κ1) is 13.7. The van der Waals surface area contributed by atoms with Gasteiger partial charge >= 0.3 is 0 Å². The smallest absolute Gasteiger partial charge is 0.126 e. The zero-order chi connectivity index (χ0) is 14.1. The average molecular weight is 350 g/mol. The summed E-state index contributed by atoms with van der Waals surface area (Å²) in [5, 5.41) is 3.22. The number of nitrogens with two attached hydrogens (primary N) is 1. The van der Waals surface area contributed by atoms with Crippen molar-refractivity contribution in [3.05, 3.63) is 69.3 Å². The van der Waals surface area contributed by atoms with Crippen molar-refractivity contribution >= 4 is 37.4 Å². The van der Waals surface area contributed by atoms with Crippen LogP contribution in [0.15, 0.2) is 52.3 Å². The third-order valence-corrected chi connectivity index (χ3v) is 5.35. The molecular formula is C16H13BrFNS. The van der Waals surface area contributed by atoms with Crippen LogP contribution in [0.5, 0.6) is 0 Å². The molecule has 0 bridgehead atoms. The highest BCUT2D eigenvalue weighted by Crippen LogP contribution is 2.35. The standard InChI is InChI=1S/C16H13BrFNS/c17-13-6-3-5-11-12(9-20-16(11)13)15(19)8-10-4-1-2-7-14(10)18/h1-7,9,15H,8,19H2. The molecule has 0 saturated carbocycles. The Bertz CT molecular complexity index is 753. The van der Waals surface area contributed by atoms with Crippen LogP contribution in [-0.4, -0.2) is 0 Å². The number of thiophene rings is 1. The first-order chi connectivity index (χ1) is 9.66. The van der Waals surface area contributed by atoms with E-state index < -0.39 is 0 Å². The molecule has 102 valence electrons. The van der Waals surface area contributed by atoms with Crippen LogP contribution in [0.4, 0.5) is 4.39 Å². The van der Waals surface area contributed by atoms with E-state index in [2.05, 4.69) is 27.4 Å². The van der Waals surface area contributed by atoms with E-state index in [0.717, 1.165) is 15.4 Å². The second kappa shape index (κ2) is 5.64. The molecule has 2 N–H and O–H groups in total. The van der Waals surface area contributed by atoms with E-state index in [-0.39, 0.29) is 11.9 Å². The molecule has 0 aliphatic rings. The quantitative estimate of drug-likeness (QED) is 0.703. The maximum atomic E-state index is 13.7. The number of benzene rings is 2. The maximum Gasteiger partial charge on any atom is 0.126 e. The van der Waals surface area contributed by atoms with Crippen LogP contribution < -0.4 is 5.73 Å². The van der Waals surface area contributed by atoms with Gasteiger partial charge in [0, 0.05) is 15.2 Å². The number of hydrogen-bond acceptors (Lipinski definition) is 2. The lowest BCUT2D eigenvalue weighted by Gasteiger charge is -2.12. The molecule has 0 aliphatic heterocycles. The van der Waals surface area contributed by atoms with Gasteiger partial charge in [0.15, 0.2) is 0 Å². The highest BCUT2D eigenvalue weighted by molar-refractivity contribution is 9.10. The van der Waals surface area contributed by atoms with Crippen molar-refractivity contribution < 1.29 is 4.39 Å². The number of rotatable bonds is 3. The molecule has 0 aliphatic carbocycles. The highest BCUT2D eigenvalue weighted by Gasteiger charge is 2.15. The summed E-state index contributed by atoms with van der Waals surface area (Å²) in [6, 6.07) is 12.7. The van der Waals surface area contributed by atoms with E-state index in [0.29, 0.717) is 12.0 Å². The van der Waals surface area contributed by atoms with Gasteiger partial charge in [-0.2, -0.15) is 0 Å². The monoisotopic (exact) mass is 349 g/mol. The van der Waals surface area contributed by atoms with E-state index in [1.807, 2.05) is 18.2 Å². The van der Waals surface area contributed by atoms with Gasteiger partial charge in [-0.3, -0.25) is 0 Å². The Morgan fingerprint density at radius 2 is 1.95 bits per heavy atom. The second-order valence-corrected chi connectivity index (χ2v) is 6.44. The maximum absolute atomic E-state index is 13.7. The van der Waals surface area contributed by atoms with Crippen LogP contribution in [0.3, 0.4) is 0 Å². The minimum atomic E-state index is -0.199. The summed E-state index contributed by atoms with van der Waals surface area (Å²) in [6.45, 7) is 0. The van der Waals surface area contributed by atoms with Gasteiger partial charge < -0.3 is 5.73 Å². The van der Waals surface area contributed by atoms with Crippen molar-refractivity contribution in [1.29, 1.82) is 0 Å². The minimum Gasteiger partial charge on any atom is -0.324 e. The fraction of sp³-hybridized carbons (Fsp3) is 0.125. The molecule has 3 aromatic rings. The Morgan fingerprint density at radius 3 is 2.75 bits per heavy atom. The van der Waals surface area contributed by atoms with E-state index in [1.54, 1.807) is 23.5 Å². The van der Waals surface area contributed by atoms with Crippen molar-refractivity contribution in [2.24, 2.45) is 5.73 Å². The molecule has 20 heavy (non-hydrogen) atoms. The Hall–Kier alpha value is -1.23. The predicted octanol–water partition coefficient (Wildman–Crippen LogP) is 5.05. The Morgan fingerprint density at radius 1 is 1.15 bits per heavy atom. The number of halogens is 2. The lowest BCUT2D eigenvalue weighted by molar-refractivity contribution is 0.594. The first-order valence-corrected chi connectivity index (χ1v) is 7.98. The van der Waals surface area contributed by atoms with Crippen LogP contribution in [-0.2, 0) is 6.42 Å². The SMILES string of the molecule is NC(Cc1ccccc1F)c1csc2c(Br)cccc12. The average Bonchev–Trinajstić information content (AvgIpc) is 2.87. The van der Waals surface area contributed by atoms with Crippen molar-refractivity contribution in [2.45, 2.75) is 12.5 Å². The van der Waals surface area contributed by atoms with Crippen LogP contribution in [0, 0.1) is 5.82 Å². The van der Waals surface area contributed by atoms with Crippen molar-refractivity contribution in [3.8, 4) is 0 Å². The van der Waals surface area contributed by atoms with Gasteiger partial charge in [-0.15, -0.1) is 11.3 Å². The summed E-state index contributed by atoms with van der Waals surface area (Å²) >= 11 is 5.21. The van der Waals surface area contributed by atoms with Gasteiger partial charge in [0.05, 0.1) is 0 Å². The lowest BCUT2D eigenvalue weighted by atomic mass is 9.99. The fourth-order valence-corrected chi connectivity index (χ4v) is 4.03. The predicted molar refractivity (Wildman–Crippen MR) is 86.6 cm³/mol. The molecule has 3 rings (SSSR count). The molecule has 1 unspecified atom stereocenters. The van der Waals surface area contributed by atoms with Crippen LogP contribution in [0.2, 0.25) is 0 Å². The lowest BCUT2D eigenvalue weighted by Crippen LogP contribution is -2.13. The van der Waals surface area contributed by atoms with Gasteiger partial charge in [-0.05, 0) is 56.4 Å². The summed E-state index contributed by atoms with van der Waals surface area (Å²) in [7, 11) is 0. The van der Waals surface area contributed by atoms with E-state index in [4.69, 9.17) is 5.73 Å². The fourth-order valence-electron chi connectivity index (χ4n) is 2.34. The molecule has 1 heterocycles. The summed E-state index contributed by atoms with van der Waals surface area (Å²) in [4.78, 5) is 0. The van der Waals surface area contributed by atoms with Crippen molar-refractivity contribution in [2.75, 3.05) is 0 Å². The van der Waals surface area contributed by atoms with Crippen LogP contribution >= 0.6 is 27.3 Å². The molecule has 1 atom stereocenters. The molecule has 0 saturated heterocycles. The zero-order valence-corrected chi connectivity index (χ0v) is 13.0. The topological polar surface area (TPSA) is 26.0 Å². The largest absolute Gasteiger partial charge is 0.324 e. The molecule has 0 spiro atoms. The van der Waals surface area contributed by atoms with Gasteiger partial charge in [-0.25, -0.2) is 4.39 Å². The van der Waals surface area contributed by atoms with Crippen molar-refractivity contribution in [1.82, 2.24) is 0 Å². The third-order valence-electron chi connectivity index (χ3n) is 3.38. The van der Waals surface area contributed by atoms with Crippen LogP contribution in [0.25, 0.3) is 10.1 Å². The van der Waals surface area contributed by atoms with E-state index in [9.17, 15) is 4.39 Å². The van der Waals surface area contributed by atoms with Crippen molar-refractivity contribution in [3.63, 3.8) is 0 Å². The molecular weight excluding hydrogens is 337 g/mol. The Labute approximate surface area is 129 Å². The van der Waals surface area contributed by atoms with Gasteiger partial charge in [-0.1, -0.05) is 30.3 Å². The minimum absolute atomic E-state index is 0.191. The Balaban J connectivity index is 1.95. The normalized spacial score (nSPS) is 12.8. The summed E-state index contributed by atoms with van der Waals surface area (Å²) in [5.41, 5.74) is 8.02. The number of fused-ring (bicyclic) bond motifs is 1. The van der Waals surface area contributed by atoms with Gasteiger partial charge in [0.25, 0.3) is 0 Å².